The van der Waals surface area contributed by atoms with Crippen LogP contribution in [0, 0.1) is 23.7 Å². The Balaban J connectivity index is 1.48. The van der Waals surface area contributed by atoms with Gasteiger partial charge in [0.25, 0.3) is 0 Å². The molecule has 3 rings (SSSR count). The van der Waals surface area contributed by atoms with Crippen molar-refractivity contribution in [2.45, 2.75) is 70.3 Å². The summed E-state index contributed by atoms with van der Waals surface area (Å²) in [7, 11) is 0. The fraction of sp³-hybridized carbons (Fsp3) is 1.00. The van der Waals surface area contributed by atoms with Crippen molar-refractivity contribution >= 4 is 0 Å². The van der Waals surface area contributed by atoms with Gasteiger partial charge in [0.2, 0.25) is 0 Å². The molecular weight excluding hydrogens is 194 g/mol. The first-order valence-corrected chi connectivity index (χ1v) is 7.43. The standard InChI is InChI=1S/C15H27N/c1-11-2-3-13-9-12(10-14(13)8-11)4-5-15(16)6-7-15/h11-14H,2-10,16H2,1H3. The van der Waals surface area contributed by atoms with Crippen LogP contribution in [0.5, 0.6) is 0 Å². The summed E-state index contributed by atoms with van der Waals surface area (Å²) in [6.45, 7) is 2.45. The predicted octanol–water partition coefficient (Wildman–Crippen LogP) is 3.72. The van der Waals surface area contributed by atoms with Gasteiger partial charge in [0.05, 0.1) is 0 Å². The van der Waals surface area contributed by atoms with E-state index in [0.29, 0.717) is 5.54 Å². The van der Waals surface area contributed by atoms with E-state index in [1.165, 1.54) is 57.8 Å². The average molecular weight is 221 g/mol. The number of rotatable bonds is 3. The Kier molecular flexibility index (Phi) is 2.78. The molecule has 0 radical (unpaired) electrons. The van der Waals surface area contributed by atoms with Crippen LogP contribution >= 0.6 is 0 Å². The molecule has 0 aliphatic heterocycles. The summed E-state index contributed by atoms with van der Waals surface area (Å²) >= 11 is 0. The van der Waals surface area contributed by atoms with Gasteiger partial charge in [-0.3, -0.25) is 0 Å². The van der Waals surface area contributed by atoms with Crippen molar-refractivity contribution in [1.29, 1.82) is 0 Å². The molecule has 92 valence electrons. The van der Waals surface area contributed by atoms with Crippen molar-refractivity contribution in [3.05, 3.63) is 0 Å². The number of hydrogen-bond acceptors (Lipinski definition) is 1. The van der Waals surface area contributed by atoms with Gasteiger partial charge >= 0.3 is 0 Å². The van der Waals surface area contributed by atoms with E-state index in [0.717, 1.165) is 23.7 Å². The average Bonchev–Trinajstić information content (AvgIpc) is 2.85. The first kappa shape index (κ1) is 11.1. The molecule has 3 saturated carbocycles. The van der Waals surface area contributed by atoms with Gasteiger partial charge in [0.15, 0.2) is 0 Å². The highest BCUT2D eigenvalue weighted by Gasteiger charge is 2.41. The van der Waals surface area contributed by atoms with Gasteiger partial charge in [0.1, 0.15) is 0 Å². The molecule has 0 bridgehead atoms. The molecule has 0 aromatic rings. The zero-order valence-electron chi connectivity index (χ0n) is 10.8. The Morgan fingerprint density at radius 1 is 1.06 bits per heavy atom. The Bertz CT molecular complexity index is 256. The Hall–Kier alpha value is -0.0400. The van der Waals surface area contributed by atoms with Gasteiger partial charge in [0, 0.05) is 5.54 Å². The summed E-state index contributed by atoms with van der Waals surface area (Å²) in [6.07, 6.45) is 12.9. The highest BCUT2D eigenvalue weighted by molar-refractivity contribution is 4.99. The summed E-state index contributed by atoms with van der Waals surface area (Å²) < 4.78 is 0. The molecule has 3 fully saturated rings. The van der Waals surface area contributed by atoms with Crippen LogP contribution in [0.1, 0.15) is 64.7 Å². The lowest BCUT2D eigenvalue weighted by Crippen LogP contribution is -2.22. The SMILES string of the molecule is CC1CCC2CC(CCC3(N)CC3)CC2C1. The molecule has 3 aliphatic rings. The van der Waals surface area contributed by atoms with Crippen molar-refractivity contribution in [3.63, 3.8) is 0 Å². The fourth-order valence-electron chi connectivity index (χ4n) is 4.25. The minimum atomic E-state index is 0.293. The molecule has 1 heteroatoms. The third-order valence-corrected chi connectivity index (χ3v) is 5.62. The third kappa shape index (κ3) is 2.30. The molecule has 0 amide bonds. The quantitative estimate of drug-likeness (QED) is 0.772. The van der Waals surface area contributed by atoms with Gasteiger partial charge in [-0.1, -0.05) is 13.3 Å². The Labute approximate surface area is 100 Å². The molecular formula is C15H27N. The second kappa shape index (κ2) is 4.01. The largest absolute Gasteiger partial charge is 0.325 e. The van der Waals surface area contributed by atoms with Crippen LogP contribution in [0.15, 0.2) is 0 Å². The van der Waals surface area contributed by atoms with Gasteiger partial charge < -0.3 is 5.73 Å². The van der Waals surface area contributed by atoms with Crippen molar-refractivity contribution in [2.75, 3.05) is 0 Å². The van der Waals surface area contributed by atoms with E-state index in [9.17, 15) is 0 Å². The zero-order chi connectivity index (χ0) is 11.2. The Morgan fingerprint density at radius 2 is 1.81 bits per heavy atom. The molecule has 0 aromatic carbocycles. The molecule has 1 nitrogen and oxygen atoms in total. The fourth-order valence-corrected chi connectivity index (χ4v) is 4.25. The van der Waals surface area contributed by atoms with Crippen LogP contribution < -0.4 is 5.73 Å². The van der Waals surface area contributed by atoms with Crippen molar-refractivity contribution in [1.82, 2.24) is 0 Å². The van der Waals surface area contributed by atoms with Gasteiger partial charge in [-0.05, 0) is 75.0 Å². The topological polar surface area (TPSA) is 26.0 Å². The summed E-state index contributed by atoms with van der Waals surface area (Å²) in [5.74, 6) is 4.21. The second-order valence-corrected chi connectivity index (χ2v) is 7.18. The van der Waals surface area contributed by atoms with E-state index in [4.69, 9.17) is 5.73 Å². The van der Waals surface area contributed by atoms with Crippen molar-refractivity contribution < 1.29 is 0 Å². The van der Waals surface area contributed by atoms with E-state index >= 15 is 0 Å². The molecule has 0 heterocycles. The number of fused-ring (bicyclic) bond motifs is 1. The maximum Gasteiger partial charge on any atom is 0.0155 e. The Morgan fingerprint density at radius 3 is 2.56 bits per heavy atom. The summed E-state index contributed by atoms with van der Waals surface area (Å²) in [6, 6.07) is 0. The van der Waals surface area contributed by atoms with E-state index in [2.05, 4.69) is 6.92 Å². The first-order chi connectivity index (χ1) is 7.65. The lowest BCUT2D eigenvalue weighted by Gasteiger charge is -2.29. The van der Waals surface area contributed by atoms with E-state index < -0.39 is 0 Å². The maximum atomic E-state index is 6.19. The van der Waals surface area contributed by atoms with Crippen LogP contribution in [0.2, 0.25) is 0 Å². The molecule has 16 heavy (non-hydrogen) atoms. The molecule has 0 saturated heterocycles. The van der Waals surface area contributed by atoms with Crippen LogP contribution in [-0.4, -0.2) is 5.54 Å². The molecule has 0 aromatic heterocycles. The summed E-state index contributed by atoms with van der Waals surface area (Å²) in [4.78, 5) is 0. The molecule has 2 N–H and O–H groups in total. The minimum Gasteiger partial charge on any atom is -0.325 e. The van der Waals surface area contributed by atoms with Crippen molar-refractivity contribution in [2.24, 2.45) is 29.4 Å². The molecule has 0 spiro atoms. The zero-order valence-corrected chi connectivity index (χ0v) is 10.8. The normalized spacial score (nSPS) is 45.4. The molecule has 3 aliphatic carbocycles. The lowest BCUT2D eigenvalue weighted by molar-refractivity contribution is 0.220. The molecule has 4 atom stereocenters. The smallest absolute Gasteiger partial charge is 0.0155 e. The van der Waals surface area contributed by atoms with Gasteiger partial charge in [-0.2, -0.15) is 0 Å². The highest BCUT2D eigenvalue weighted by Crippen LogP contribution is 2.49. The molecule has 4 unspecified atom stereocenters. The van der Waals surface area contributed by atoms with Gasteiger partial charge in [-0.15, -0.1) is 0 Å². The monoisotopic (exact) mass is 221 g/mol. The first-order valence-electron chi connectivity index (χ1n) is 7.43. The van der Waals surface area contributed by atoms with Crippen LogP contribution in [0.4, 0.5) is 0 Å². The minimum absolute atomic E-state index is 0.293. The number of hydrogen-bond donors (Lipinski definition) is 1. The van der Waals surface area contributed by atoms with E-state index in [1.54, 1.807) is 0 Å². The van der Waals surface area contributed by atoms with E-state index in [-0.39, 0.29) is 0 Å². The van der Waals surface area contributed by atoms with E-state index in [1.807, 2.05) is 0 Å². The highest BCUT2D eigenvalue weighted by atomic mass is 14.8. The third-order valence-electron chi connectivity index (χ3n) is 5.62. The maximum absolute atomic E-state index is 6.19. The van der Waals surface area contributed by atoms with Crippen LogP contribution in [-0.2, 0) is 0 Å². The summed E-state index contributed by atoms with van der Waals surface area (Å²) in [5.41, 5.74) is 6.49. The number of nitrogens with two attached hydrogens (primary N) is 1. The predicted molar refractivity (Wildman–Crippen MR) is 68.1 cm³/mol. The van der Waals surface area contributed by atoms with Crippen molar-refractivity contribution in [3.8, 4) is 0 Å². The van der Waals surface area contributed by atoms with Crippen LogP contribution in [0.25, 0.3) is 0 Å². The van der Waals surface area contributed by atoms with Gasteiger partial charge in [-0.25, -0.2) is 0 Å². The second-order valence-electron chi connectivity index (χ2n) is 7.18. The lowest BCUT2D eigenvalue weighted by atomic mass is 9.77. The summed E-state index contributed by atoms with van der Waals surface area (Å²) in [5, 5.41) is 0. The van der Waals surface area contributed by atoms with Crippen LogP contribution in [0.3, 0.4) is 0 Å².